The first-order chi connectivity index (χ1) is 14.2. The molecule has 2 aromatic carbocycles. The van der Waals surface area contributed by atoms with Crippen LogP contribution < -0.4 is 11.6 Å². The van der Waals surface area contributed by atoms with Crippen molar-refractivity contribution in [2.75, 3.05) is 13.1 Å². The van der Waals surface area contributed by atoms with Crippen molar-refractivity contribution in [1.82, 2.24) is 9.99 Å². The molecule has 1 aromatic heterocycles. The summed E-state index contributed by atoms with van der Waals surface area (Å²) in [6.45, 7) is 4.45. The molecule has 1 unspecified atom stereocenters. The summed E-state index contributed by atoms with van der Waals surface area (Å²) in [6, 6.07) is 24.7. The SMILES string of the molecule is Cc1ccccc1.NCC(CN(N)Cc1ccc(-c2ccccn2)cc1)C1CC1. The molecule has 0 spiro atoms. The quantitative estimate of drug-likeness (QED) is 0.465. The number of nitrogens with zero attached hydrogens (tertiary/aromatic N) is 2. The van der Waals surface area contributed by atoms with Gasteiger partial charge < -0.3 is 5.73 Å². The fourth-order valence-corrected chi connectivity index (χ4v) is 3.43. The van der Waals surface area contributed by atoms with Crippen LogP contribution in [-0.2, 0) is 6.54 Å². The van der Waals surface area contributed by atoms with Crippen molar-refractivity contribution in [3.63, 3.8) is 0 Å². The summed E-state index contributed by atoms with van der Waals surface area (Å²) in [6.07, 6.45) is 4.44. The van der Waals surface area contributed by atoms with Crippen LogP contribution in [0.2, 0.25) is 0 Å². The first-order valence-corrected chi connectivity index (χ1v) is 10.4. The molecule has 0 aliphatic heterocycles. The number of hydrogen-bond donors (Lipinski definition) is 2. The maximum absolute atomic E-state index is 6.16. The molecular formula is C25H32N4. The molecule has 1 fully saturated rings. The molecule has 29 heavy (non-hydrogen) atoms. The van der Waals surface area contributed by atoms with E-state index in [4.69, 9.17) is 11.6 Å². The molecule has 0 saturated heterocycles. The smallest absolute Gasteiger partial charge is 0.0701 e. The van der Waals surface area contributed by atoms with Crippen LogP contribution in [0.4, 0.5) is 0 Å². The van der Waals surface area contributed by atoms with Gasteiger partial charge >= 0.3 is 0 Å². The Labute approximate surface area is 174 Å². The topological polar surface area (TPSA) is 68.2 Å². The van der Waals surface area contributed by atoms with Crippen LogP contribution in [0.15, 0.2) is 79.0 Å². The molecule has 1 aliphatic carbocycles. The second kappa shape index (κ2) is 10.9. The van der Waals surface area contributed by atoms with Crippen molar-refractivity contribution in [2.45, 2.75) is 26.3 Å². The van der Waals surface area contributed by atoms with E-state index in [9.17, 15) is 0 Å². The molecule has 3 aromatic rings. The maximum Gasteiger partial charge on any atom is 0.0701 e. The molecule has 152 valence electrons. The Bertz CT molecular complexity index is 830. The van der Waals surface area contributed by atoms with Crippen molar-refractivity contribution in [2.24, 2.45) is 23.4 Å². The molecule has 0 bridgehead atoms. The normalized spacial score (nSPS) is 14.2. The first-order valence-electron chi connectivity index (χ1n) is 10.4. The Morgan fingerprint density at radius 2 is 1.66 bits per heavy atom. The monoisotopic (exact) mass is 388 g/mol. The zero-order chi connectivity index (χ0) is 20.5. The minimum atomic E-state index is 0.540. The van der Waals surface area contributed by atoms with Gasteiger partial charge in [-0.2, -0.15) is 0 Å². The van der Waals surface area contributed by atoms with Gasteiger partial charge in [-0.25, -0.2) is 5.01 Å². The van der Waals surface area contributed by atoms with Gasteiger partial charge in [0, 0.05) is 24.8 Å². The zero-order valence-electron chi connectivity index (χ0n) is 17.2. The zero-order valence-corrected chi connectivity index (χ0v) is 17.2. The fourth-order valence-electron chi connectivity index (χ4n) is 3.43. The summed E-state index contributed by atoms with van der Waals surface area (Å²) >= 11 is 0. The van der Waals surface area contributed by atoms with Crippen molar-refractivity contribution in [3.8, 4) is 11.3 Å². The van der Waals surface area contributed by atoms with E-state index in [0.29, 0.717) is 5.92 Å². The highest BCUT2D eigenvalue weighted by Gasteiger charge is 2.30. The first kappa shape index (κ1) is 21.2. The number of nitrogens with two attached hydrogens (primary N) is 2. The van der Waals surface area contributed by atoms with E-state index in [0.717, 1.165) is 36.8 Å². The summed E-state index contributed by atoms with van der Waals surface area (Å²) in [4.78, 5) is 4.37. The molecule has 4 rings (SSSR count). The predicted molar refractivity (Wildman–Crippen MR) is 121 cm³/mol. The standard InChI is InChI=1S/C18H24N4.C7H8/c19-11-17(15-8-9-15)13-22(20)12-14-4-6-16(7-5-14)18-3-1-2-10-21-18;1-7-5-3-2-4-6-7/h1-7,10,15,17H,8-9,11-13,19-20H2;2-6H,1H3. The van der Waals surface area contributed by atoms with Gasteiger partial charge in [-0.05, 0) is 55.8 Å². The number of aromatic nitrogens is 1. The molecule has 1 aliphatic rings. The molecule has 1 saturated carbocycles. The third-order valence-electron chi connectivity index (χ3n) is 5.30. The number of hydrazine groups is 1. The molecular weight excluding hydrogens is 356 g/mol. The predicted octanol–water partition coefficient (Wildman–Crippen LogP) is 4.40. The molecule has 0 amide bonds. The average molecular weight is 389 g/mol. The molecule has 4 heteroatoms. The number of hydrogen-bond acceptors (Lipinski definition) is 4. The lowest BCUT2D eigenvalue weighted by atomic mass is 10.0. The van der Waals surface area contributed by atoms with Gasteiger partial charge in [0.05, 0.1) is 5.69 Å². The van der Waals surface area contributed by atoms with E-state index < -0.39 is 0 Å². The van der Waals surface area contributed by atoms with Gasteiger partial charge in [-0.3, -0.25) is 10.8 Å². The van der Waals surface area contributed by atoms with Gasteiger partial charge in [-0.1, -0.05) is 66.2 Å². The van der Waals surface area contributed by atoms with Crippen molar-refractivity contribution in [3.05, 3.63) is 90.1 Å². The number of aryl methyl sites for hydroxylation is 1. The highest BCUT2D eigenvalue weighted by atomic mass is 15.4. The highest BCUT2D eigenvalue weighted by Crippen LogP contribution is 2.36. The minimum Gasteiger partial charge on any atom is -0.330 e. The number of benzene rings is 2. The Hall–Kier alpha value is -2.53. The van der Waals surface area contributed by atoms with Crippen LogP contribution in [0, 0.1) is 18.8 Å². The van der Waals surface area contributed by atoms with Crippen LogP contribution in [0.25, 0.3) is 11.3 Å². The van der Waals surface area contributed by atoms with E-state index in [1.54, 1.807) is 0 Å². The Morgan fingerprint density at radius 3 is 2.17 bits per heavy atom. The molecule has 1 atom stereocenters. The summed E-state index contributed by atoms with van der Waals surface area (Å²) < 4.78 is 0. The number of rotatable bonds is 7. The van der Waals surface area contributed by atoms with E-state index in [1.165, 1.54) is 24.0 Å². The summed E-state index contributed by atoms with van der Waals surface area (Å²) in [5.41, 5.74) is 10.5. The maximum atomic E-state index is 6.16. The van der Waals surface area contributed by atoms with Crippen LogP contribution in [0.5, 0.6) is 0 Å². The van der Waals surface area contributed by atoms with Crippen LogP contribution in [0.3, 0.4) is 0 Å². The van der Waals surface area contributed by atoms with Crippen molar-refractivity contribution in [1.29, 1.82) is 0 Å². The molecule has 0 radical (unpaired) electrons. The third-order valence-corrected chi connectivity index (χ3v) is 5.30. The van der Waals surface area contributed by atoms with E-state index in [-0.39, 0.29) is 0 Å². The summed E-state index contributed by atoms with van der Waals surface area (Å²) in [5, 5.41) is 1.89. The highest BCUT2D eigenvalue weighted by molar-refractivity contribution is 5.58. The van der Waals surface area contributed by atoms with Crippen LogP contribution in [-0.4, -0.2) is 23.1 Å². The van der Waals surface area contributed by atoms with Gasteiger partial charge in [0.2, 0.25) is 0 Å². The lowest BCUT2D eigenvalue weighted by molar-refractivity contribution is 0.217. The number of pyridine rings is 1. The molecule has 1 heterocycles. The summed E-state index contributed by atoms with van der Waals surface area (Å²) in [7, 11) is 0. The Balaban J connectivity index is 0.000000290. The van der Waals surface area contributed by atoms with Gasteiger partial charge in [0.1, 0.15) is 0 Å². The molecule has 4 N–H and O–H groups in total. The minimum absolute atomic E-state index is 0.540. The second-order valence-corrected chi connectivity index (χ2v) is 7.83. The lowest BCUT2D eigenvalue weighted by Crippen LogP contribution is -2.38. The van der Waals surface area contributed by atoms with Crippen molar-refractivity contribution >= 4 is 0 Å². The Kier molecular flexibility index (Phi) is 7.94. The molecule has 4 nitrogen and oxygen atoms in total. The van der Waals surface area contributed by atoms with Crippen LogP contribution >= 0.6 is 0 Å². The van der Waals surface area contributed by atoms with Crippen LogP contribution in [0.1, 0.15) is 24.0 Å². The van der Waals surface area contributed by atoms with Gasteiger partial charge in [-0.15, -0.1) is 0 Å². The lowest BCUT2D eigenvalue weighted by Gasteiger charge is -2.22. The van der Waals surface area contributed by atoms with Gasteiger partial charge in [0.15, 0.2) is 0 Å². The Morgan fingerprint density at radius 1 is 0.966 bits per heavy atom. The van der Waals surface area contributed by atoms with E-state index in [1.807, 2.05) is 47.6 Å². The third kappa shape index (κ3) is 7.09. The largest absolute Gasteiger partial charge is 0.330 e. The average Bonchev–Trinajstić information content (AvgIpc) is 3.60. The van der Waals surface area contributed by atoms with E-state index in [2.05, 4.69) is 48.3 Å². The van der Waals surface area contributed by atoms with E-state index >= 15 is 0 Å². The van der Waals surface area contributed by atoms with Crippen molar-refractivity contribution < 1.29 is 0 Å². The van der Waals surface area contributed by atoms with Gasteiger partial charge in [0.25, 0.3) is 0 Å². The second-order valence-electron chi connectivity index (χ2n) is 7.83. The fraction of sp³-hybridized carbons (Fsp3) is 0.320. The summed E-state index contributed by atoms with van der Waals surface area (Å²) in [5.74, 6) is 7.50.